The number of carbonyl (C=O) groups excluding carboxylic acids is 1. The molecule has 8 bridgehead atoms. The summed E-state index contributed by atoms with van der Waals surface area (Å²) < 4.78 is 12.2. The van der Waals surface area contributed by atoms with Gasteiger partial charge in [0.15, 0.2) is 0 Å². The van der Waals surface area contributed by atoms with E-state index in [-0.39, 0.29) is 23.3 Å². The molecule has 4 aromatic rings. The van der Waals surface area contributed by atoms with Gasteiger partial charge in [0.1, 0.15) is 23.0 Å². The van der Waals surface area contributed by atoms with Crippen LogP contribution >= 0.6 is 0 Å². The van der Waals surface area contributed by atoms with Gasteiger partial charge in [0, 0.05) is 32.0 Å². The van der Waals surface area contributed by atoms with Crippen molar-refractivity contribution in [3.63, 3.8) is 0 Å². The van der Waals surface area contributed by atoms with Crippen LogP contribution in [0.5, 0.6) is 23.0 Å². The molecule has 4 heterocycles. The summed E-state index contributed by atoms with van der Waals surface area (Å²) in [5.41, 5.74) is 5.04. The van der Waals surface area contributed by atoms with Crippen LogP contribution in [0.15, 0.2) is 85.2 Å². The lowest BCUT2D eigenvalue weighted by Gasteiger charge is -2.38. The van der Waals surface area contributed by atoms with Gasteiger partial charge in [-0.05, 0) is 89.7 Å². The molecule has 1 aromatic heterocycles. The van der Waals surface area contributed by atoms with Crippen LogP contribution in [0, 0.1) is 0 Å². The average Bonchev–Trinajstić information content (AvgIpc) is 2.94. The molecule has 1 unspecified atom stereocenters. The van der Waals surface area contributed by atoms with E-state index in [0.717, 1.165) is 25.3 Å². The fourth-order valence-electron chi connectivity index (χ4n) is 5.23. The molecule has 0 radical (unpaired) electrons. The van der Waals surface area contributed by atoms with E-state index in [1.54, 1.807) is 12.1 Å². The monoisotopic (exact) mass is 507 g/mol. The highest BCUT2D eigenvalue weighted by molar-refractivity contribution is 5.97. The third-order valence-electron chi connectivity index (χ3n) is 7.08. The number of aromatic nitrogens is 1. The summed E-state index contributed by atoms with van der Waals surface area (Å²) >= 11 is 0. The Morgan fingerprint density at radius 2 is 1.82 bits per heavy atom. The zero-order chi connectivity index (χ0) is 25.9. The summed E-state index contributed by atoms with van der Waals surface area (Å²) in [6.07, 6.45) is 5.20. The summed E-state index contributed by atoms with van der Waals surface area (Å²) in [7, 11) is 0. The van der Waals surface area contributed by atoms with Crippen molar-refractivity contribution in [1.82, 2.24) is 15.2 Å². The highest BCUT2D eigenvalue weighted by atomic mass is 16.5. The van der Waals surface area contributed by atoms with Crippen LogP contribution in [0.3, 0.4) is 0 Å². The van der Waals surface area contributed by atoms with Gasteiger partial charge in [-0.1, -0.05) is 18.2 Å². The summed E-state index contributed by atoms with van der Waals surface area (Å²) in [5, 5.41) is 13.1. The highest BCUT2D eigenvalue weighted by Crippen LogP contribution is 2.39. The molecular weight excluding hydrogens is 478 g/mol. The van der Waals surface area contributed by atoms with E-state index in [1.807, 2.05) is 30.6 Å². The van der Waals surface area contributed by atoms with Gasteiger partial charge in [-0.2, -0.15) is 0 Å². The second-order valence-electron chi connectivity index (χ2n) is 9.65. The summed E-state index contributed by atoms with van der Waals surface area (Å²) in [6.45, 7) is 2.59. The fraction of sp³-hybridized carbons (Fsp3) is 0.226. The molecule has 7 heteroatoms. The number of amides is 1. The molecule has 2 N–H and O–H groups in total. The largest absolute Gasteiger partial charge is 0.507 e. The Bertz CT molecular complexity index is 1460. The Morgan fingerprint density at radius 3 is 2.71 bits per heavy atom. The predicted octanol–water partition coefficient (Wildman–Crippen LogP) is 5.24. The normalized spacial score (nSPS) is 17.5. The zero-order valence-corrected chi connectivity index (χ0v) is 21.0. The molecule has 0 aliphatic carbocycles. The second-order valence-corrected chi connectivity index (χ2v) is 9.65. The van der Waals surface area contributed by atoms with Crippen molar-refractivity contribution in [1.29, 1.82) is 0 Å². The maximum atomic E-state index is 12.7. The third kappa shape index (κ3) is 5.06. The number of pyridine rings is 1. The molecule has 3 aliphatic rings. The number of phenolic OH excluding ortho intramolecular Hbond substituents is 1. The van der Waals surface area contributed by atoms with Crippen LogP contribution in [0.2, 0.25) is 0 Å². The molecule has 0 fully saturated rings. The van der Waals surface area contributed by atoms with Crippen LogP contribution < -0.4 is 14.8 Å². The third-order valence-corrected chi connectivity index (χ3v) is 7.08. The number of aromatic hydroxyl groups is 1. The van der Waals surface area contributed by atoms with Crippen LogP contribution in [0.25, 0.3) is 0 Å². The highest BCUT2D eigenvalue weighted by Gasteiger charge is 2.29. The van der Waals surface area contributed by atoms with Gasteiger partial charge < -0.3 is 19.9 Å². The Labute approximate surface area is 221 Å². The minimum atomic E-state index is -0.348. The van der Waals surface area contributed by atoms with E-state index in [4.69, 9.17) is 9.47 Å². The van der Waals surface area contributed by atoms with Crippen LogP contribution in [0.1, 0.15) is 45.1 Å². The summed E-state index contributed by atoms with van der Waals surface area (Å²) in [6, 6.07) is 23.4. The van der Waals surface area contributed by atoms with E-state index >= 15 is 0 Å². The topological polar surface area (TPSA) is 83.9 Å². The summed E-state index contributed by atoms with van der Waals surface area (Å²) in [5.74, 6) is 1.56. The fourth-order valence-corrected chi connectivity index (χ4v) is 5.23. The van der Waals surface area contributed by atoms with Crippen molar-refractivity contribution in [2.45, 2.75) is 25.4 Å². The summed E-state index contributed by atoms with van der Waals surface area (Å²) in [4.78, 5) is 19.4. The lowest BCUT2D eigenvalue weighted by atomic mass is 9.87. The molecule has 0 spiro atoms. The molecule has 0 saturated heterocycles. The van der Waals surface area contributed by atoms with Crippen LogP contribution in [-0.4, -0.2) is 40.6 Å². The van der Waals surface area contributed by atoms with Gasteiger partial charge >= 0.3 is 0 Å². The molecule has 1 amide bonds. The smallest absolute Gasteiger partial charge is 0.255 e. The van der Waals surface area contributed by atoms with Crippen molar-refractivity contribution in [2.24, 2.45) is 0 Å². The molecule has 7 rings (SSSR count). The molecule has 0 saturated carbocycles. The number of phenols is 1. The average molecular weight is 508 g/mol. The Balaban J connectivity index is 1.41. The predicted molar refractivity (Wildman–Crippen MR) is 144 cm³/mol. The number of hydrogen-bond donors (Lipinski definition) is 2. The van der Waals surface area contributed by atoms with Gasteiger partial charge in [-0.25, -0.2) is 0 Å². The number of fused-ring (bicyclic) bond motifs is 6. The van der Waals surface area contributed by atoms with Crippen LogP contribution in [-0.2, 0) is 13.0 Å². The van der Waals surface area contributed by atoms with Crippen molar-refractivity contribution in [3.05, 3.63) is 113 Å². The minimum Gasteiger partial charge on any atom is -0.507 e. The molecule has 3 aliphatic heterocycles. The van der Waals surface area contributed by atoms with Gasteiger partial charge in [-0.15, -0.1) is 0 Å². The number of hydrogen-bond acceptors (Lipinski definition) is 6. The SMILES string of the molecule is O=C1NCCCOc2cccc(c2)C2c3ccc(cc3CCN2Cc2ccncc2)Oc2ccc(O)c1c2. The Hall–Kier alpha value is -4.36. The van der Waals surface area contributed by atoms with Crippen molar-refractivity contribution in [3.8, 4) is 23.0 Å². The standard InChI is InChI=1S/C31H29N3O4/c35-29-8-6-26-19-28(29)31(36)33-12-2-16-37-24-4-1-3-23(18-24)30-27-7-5-25(38-26)17-22(27)11-15-34(30)20-21-9-13-32-14-10-21/h1,3-10,13-14,17-19,30,35H,2,11-12,15-16,20H2,(H,33,36). The van der Waals surface area contributed by atoms with Crippen molar-refractivity contribution < 1.29 is 19.4 Å². The van der Waals surface area contributed by atoms with E-state index in [9.17, 15) is 9.90 Å². The maximum absolute atomic E-state index is 12.7. The molecule has 192 valence electrons. The lowest BCUT2D eigenvalue weighted by molar-refractivity contribution is 0.0948. The minimum absolute atomic E-state index is 0.0583. The first-order valence-corrected chi connectivity index (χ1v) is 12.9. The molecule has 3 aromatic carbocycles. The van der Waals surface area contributed by atoms with Gasteiger partial charge in [0.25, 0.3) is 5.91 Å². The zero-order valence-electron chi connectivity index (χ0n) is 21.0. The van der Waals surface area contributed by atoms with Crippen LogP contribution in [0.4, 0.5) is 0 Å². The first kappa shape index (κ1) is 24.0. The first-order chi connectivity index (χ1) is 18.6. The number of carbonyl (C=O) groups is 1. The van der Waals surface area contributed by atoms with Crippen molar-refractivity contribution in [2.75, 3.05) is 19.7 Å². The number of nitrogens with zero attached hydrogens (tertiary/aromatic N) is 2. The molecule has 1 atom stereocenters. The van der Waals surface area contributed by atoms with E-state index in [1.165, 1.54) is 28.3 Å². The van der Waals surface area contributed by atoms with Gasteiger partial charge in [0.2, 0.25) is 0 Å². The Kier molecular flexibility index (Phi) is 6.67. The van der Waals surface area contributed by atoms with Crippen molar-refractivity contribution >= 4 is 5.91 Å². The molecular formula is C31H29N3O4. The number of benzene rings is 3. The number of rotatable bonds is 2. The van der Waals surface area contributed by atoms with Gasteiger partial charge in [-0.3, -0.25) is 14.7 Å². The second kappa shape index (κ2) is 10.6. The number of nitrogens with one attached hydrogen (secondary N) is 1. The van der Waals surface area contributed by atoms with E-state index in [2.05, 4.69) is 51.6 Å². The van der Waals surface area contributed by atoms with E-state index in [0.29, 0.717) is 31.1 Å². The maximum Gasteiger partial charge on any atom is 0.255 e. The quantitative estimate of drug-likeness (QED) is 0.386. The number of ether oxygens (including phenoxy) is 2. The Morgan fingerprint density at radius 1 is 0.974 bits per heavy atom. The lowest BCUT2D eigenvalue weighted by Crippen LogP contribution is -2.35. The molecule has 7 nitrogen and oxygen atoms in total. The van der Waals surface area contributed by atoms with Gasteiger partial charge in [0.05, 0.1) is 18.2 Å². The van der Waals surface area contributed by atoms with E-state index < -0.39 is 0 Å². The molecule has 38 heavy (non-hydrogen) atoms. The first-order valence-electron chi connectivity index (χ1n) is 12.9.